The maximum atomic E-state index is 6.68. The molecule has 0 aromatic carbocycles. The molecule has 0 aromatic rings. The third kappa shape index (κ3) is 3.06. The van der Waals surface area contributed by atoms with Gasteiger partial charge in [0.1, 0.15) is 0 Å². The molecule has 3 rings (SSSR count). The van der Waals surface area contributed by atoms with Crippen LogP contribution in [0, 0.1) is 11.3 Å². The Labute approximate surface area is 125 Å². The van der Waals surface area contributed by atoms with Crippen LogP contribution in [-0.4, -0.2) is 24.3 Å². The maximum absolute atomic E-state index is 6.68. The number of nitrogens with one attached hydrogen (secondary N) is 1. The van der Waals surface area contributed by atoms with E-state index in [4.69, 9.17) is 4.74 Å². The molecule has 2 saturated carbocycles. The summed E-state index contributed by atoms with van der Waals surface area (Å²) in [4.78, 5) is 0. The Morgan fingerprint density at radius 1 is 1.10 bits per heavy atom. The van der Waals surface area contributed by atoms with E-state index in [1.807, 2.05) is 0 Å². The van der Waals surface area contributed by atoms with E-state index in [-0.39, 0.29) is 5.60 Å². The highest BCUT2D eigenvalue weighted by Crippen LogP contribution is 2.45. The summed E-state index contributed by atoms with van der Waals surface area (Å²) in [5.41, 5.74) is 0.707. The van der Waals surface area contributed by atoms with Crippen molar-refractivity contribution < 1.29 is 4.74 Å². The molecular formula is C18H33NO. The second kappa shape index (κ2) is 5.61. The van der Waals surface area contributed by atoms with Crippen LogP contribution in [-0.2, 0) is 4.74 Å². The van der Waals surface area contributed by atoms with E-state index in [1.54, 1.807) is 0 Å². The fraction of sp³-hybridized carbons (Fsp3) is 1.00. The molecule has 3 fully saturated rings. The topological polar surface area (TPSA) is 21.3 Å². The van der Waals surface area contributed by atoms with E-state index < -0.39 is 0 Å². The molecule has 116 valence electrons. The Morgan fingerprint density at radius 2 is 1.85 bits per heavy atom. The third-order valence-electron chi connectivity index (χ3n) is 6.19. The summed E-state index contributed by atoms with van der Waals surface area (Å²) in [6.07, 6.45) is 12.4. The van der Waals surface area contributed by atoms with E-state index in [9.17, 15) is 0 Å². The van der Waals surface area contributed by atoms with Crippen LogP contribution < -0.4 is 5.32 Å². The first-order chi connectivity index (χ1) is 9.52. The molecule has 20 heavy (non-hydrogen) atoms. The highest BCUT2D eigenvalue weighted by Gasteiger charge is 2.46. The van der Waals surface area contributed by atoms with Gasteiger partial charge in [0.15, 0.2) is 0 Å². The Morgan fingerprint density at radius 3 is 2.55 bits per heavy atom. The average molecular weight is 279 g/mol. The van der Waals surface area contributed by atoms with Crippen LogP contribution in [0.15, 0.2) is 0 Å². The van der Waals surface area contributed by atoms with Crippen molar-refractivity contribution >= 4 is 0 Å². The number of hydrogen-bond donors (Lipinski definition) is 1. The van der Waals surface area contributed by atoms with Gasteiger partial charge in [0.05, 0.1) is 11.7 Å². The number of fused-ring (bicyclic) bond motifs is 1. The number of ether oxygens (including phenoxy) is 1. The van der Waals surface area contributed by atoms with Crippen LogP contribution in [0.4, 0.5) is 0 Å². The van der Waals surface area contributed by atoms with Gasteiger partial charge in [-0.15, -0.1) is 0 Å². The van der Waals surface area contributed by atoms with Crippen molar-refractivity contribution in [3.8, 4) is 0 Å². The molecule has 2 aliphatic carbocycles. The summed E-state index contributed by atoms with van der Waals surface area (Å²) in [6.45, 7) is 8.24. The van der Waals surface area contributed by atoms with Gasteiger partial charge in [-0.1, -0.05) is 33.6 Å². The first-order valence-corrected chi connectivity index (χ1v) is 8.93. The van der Waals surface area contributed by atoms with Crippen LogP contribution in [0.3, 0.4) is 0 Å². The summed E-state index contributed by atoms with van der Waals surface area (Å²) in [5.74, 6) is 0.941. The van der Waals surface area contributed by atoms with Gasteiger partial charge in [0.2, 0.25) is 0 Å². The fourth-order valence-electron chi connectivity index (χ4n) is 4.61. The second-order valence-electron chi connectivity index (χ2n) is 8.46. The summed E-state index contributed by atoms with van der Waals surface area (Å²) in [6, 6.07) is 0.640. The molecule has 0 amide bonds. The fourth-order valence-corrected chi connectivity index (χ4v) is 4.61. The van der Waals surface area contributed by atoms with Crippen molar-refractivity contribution in [1.29, 1.82) is 0 Å². The highest BCUT2D eigenvalue weighted by atomic mass is 16.5. The molecule has 0 radical (unpaired) electrons. The Balaban J connectivity index is 1.58. The third-order valence-corrected chi connectivity index (χ3v) is 6.19. The van der Waals surface area contributed by atoms with E-state index in [1.165, 1.54) is 57.8 Å². The molecule has 0 aromatic heterocycles. The monoisotopic (exact) mass is 279 g/mol. The van der Waals surface area contributed by atoms with Crippen molar-refractivity contribution in [2.45, 2.75) is 96.3 Å². The average Bonchev–Trinajstić information content (AvgIpc) is 2.43. The normalized spacial score (nSPS) is 39.5. The van der Waals surface area contributed by atoms with Crippen LogP contribution in [0.25, 0.3) is 0 Å². The number of rotatable bonds is 2. The zero-order valence-corrected chi connectivity index (χ0v) is 13.7. The highest BCUT2D eigenvalue weighted by molar-refractivity contribution is 5.00. The van der Waals surface area contributed by atoms with Gasteiger partial charge in [0.25, 0.3) is 0 Å². The van der Waals surface area contributed by atoms with Gasteiger partial charge in [-0.05, 0) is 56.3 Å². The van der Waals surface area contributed by atoms with Gasteiger partial charge in [-0.2, -0.15) is 0 Å². The summed E-state index contributed by atoms with van der Waals surface area (Å²) in [7, 11) is 0. The Bertz CT molecular complexity index is 328. The zero-order chi connectivity index (χ0) is 14.2. The van der Waals surface area contributed by atoms with Crippen LogP contribution >= 0.6 is 0 Å². The molecule has 1 N–H and O–H groups in total. The van der Waals surface area contributed by atoms with E-state index in [2.05, 4.69) is 26.1 Å². The molecule has 1 aliphatic heterocycles. The molecule has 1 heterocycles. The Kier molecular flexibility index (Phi) is 4.16. The van der Waals surface area contributed by atoms with Gasteiger partial charge in [0, 0.05) is 12.6 Å². The summed E-state index contributed by atoms with van der Waals surface area (Å²) >= 11 is 0. The van der Waals surface area contributed by atoms with Crippen LogP contribution in [0.2, 0.25) is 0 Å². The molecule has 3 aliphatic rings. The minimum absolute atomic E-state index is 0.175. The molecule has 3 unspecified atom stereocenters. The van der Waals surface area contributed by atoms with Crippen molar-refractivity contribution in [1.82, 2.24) is 5.32 Å². The smallest absolute Gasteiger partial charge is 0.0811 e. The lowest BCUT2D eigenvalue weighted by Crippen LogP contribution is -2.62. The standard InChI is InChI=1S/C18H33NO/c1-4-5-14-6-7-16-15(12-14)19-13-18(20-16)10-8-17(2,3)9-11-18/h14-16,19H,4-13H2,1-3H3. The minimum atomic E-state index is 0.175. The lowest BCUT2D eigenvalue weighted by atomic mass is 9.69. The Hall–Kier alpha value is -0.0800. The van der Waals surface area contributed by atoms with Crippen molar-refractivity contribution in [2.24, 2.45) is 11.3 Å². The zero-order valence-electron chi connectivity index (χ0n) is 13.7. The van der Waals surface area contributed by atoms with E-state index in [0.717, 1.165) is 12.5 Å². The summed E-state index contributed by atoms with van der Waals surface area (Å²) < 4.78 is 6.68. The first-order valence-electron chi connectivity index (χ1n) is 8.93. The lowest BCUT2D eigenvalue weighted by Gasteiger charge is -2.52. The molecule has 2 heteroatoms. The quantitative estimate of drug-likeness (QED) is 0.814. The van der Waals surface area contributed by atoms with Crippen molar-refractivity contribution in [2.75, 3.05) is 6.54 Å². The van der Waals surface area contributed by atoms with Gasteiger partial charge in [-0.3, -0.25) is 0 Å². The van der Waals surface area contributed by atoms with Crippen molar-refractivity contribution in [3.63, 3.8) is 0 Å². The predicted molar refractivity (Wildman–Crippen MR) is 83.9 cm³/mol. The van der Waals surface area contributed by atoms with E-state index in [0.29, 0.717) is 17.6 Å². The first kappa shape index (κ1) is 14.8. The second-order valence-corrected chi connectivity index (χ2v) is 8.46. The van der Waals surface area contributed by atoms with E-state index >= 15 is 0 Å². The van der Waals surface area contributed by atoms with Gasteiger partial charge in [-0.25, -0.2) is 0 Å². The van der Waals surface area contributed by atoms with Crippen molar-refractivity contribution in [3.05, 3.63) is 0 Å². The van der Waals surface area contributed by atoms with Gasteiger partial charge < -0.3 is 10.1 Å². The van der Waals surface area contributed by atoms with Crippen LogP contribution in [0.5, 0.6) is 0 Å². The number of morpholine rings is 1. The predicted octanol–water partition coefficient (Wildman–Crippen LogP) is 4.28. The summed E-state index contributed by atoms with van der Waals surface area (Å²) in [5, 5.41) is 3.87. The molecule has 2 nitrogen and oxygen atoms in total. The lowest BCUT2D eigenvalue weighted by molar-refractivity contribution is -0.172. The molecule has 3 atom stereocenters. The minimum Gasteiger partial charge on any atom is -0.369 e. The largest absolute Gasteiger partial charge is 0.369 e. The van der Waals surface area contributed by atoms with Crippen LogP contribution in [0.1, 0.15) is 78.6 Å². The SMILES string of the molecule is CCCC1CCC2OC3(CCC(C)(C)CC3)CNC2C1. The maximum Gasteiger partial charge on any atom is 0.0811 e. The van der Waals surface area contributed by atoms with Gasteiger partial charge >= 0.3 is 0 Å². The molecule has 1 spiro atoms. The molecule has 0 bridgehead atoms. The molecule has 1 saturated heterocycles. The molecular weight excluding hydrogens is 246 g/mol. The number of hydrogen-bond acceptors (Lipinski definition) is 2.